The number of benzene rings is 2. The monoisotopic (exact) mass is 513 g/mol. The predicted octanol–water partition coefficient (Wildman–Crippen LogP) is 5.00. The summed E-state index contributed by atoms with van der Waals surface area (Å²) in [5, 5.41) is 6.64. The normalized spacial score (nSPS) is 11.2. The zero-order valence-electron chi connectivity index (χ0n) is 20.7. The van der Waals surface area contributed by atoms with Crippen LogP contribution in [0.5, 0.6) is 0 Å². The van der Waals surface area contributed by atoms with Crippen molar-refractivity contribution in [1.82, 2.24) is 24.7 Å². The molecule has 37 heavy (non-hydrogen) atoms. The highest BCUT2D eigenvalue weighted by atomic mass is 32.1. The molecule has 3 heterocycles. The van der Waals surface area contributed by atoms with E-state index in [1.807, 2.05) is 60.8 Å². The van der Waals surface area contributed by atoms with Gasteiger partial charge in [-0.3, -0.25) is 18.9 Å². The van der Waals surface area contributed by atoms with Crippen LogP contribution < -0.4 is 11.3 Å². The van der Waals surface area contributed by atoms with Gasteiger partial charge in [-0.25, -0.2) is 14.8 Å². The average molecular weight is 514 g/mol. The molecular weight excluding hydrogens is 486 g/mol. The van der Waals surface area contributed by atoms with Gasteiger partial charge in [-0.05, 0) is 36.5 Å². The third-order valence-electron chi connectivity index (χ3n) is 6.35. The summed E-state index contributed by atoms with van der Waals surface area (Å²) in [4.78, 5) is 36.9. The van der Waals surface area contributed by atoms with Crippen LogP contribution in [0.1, 0.15) is 47.4 Å². The summed E-state index contributed by atoms with van der Waals surface area (Å²) in [5.74, 6) is 0.510. The minimum absolute atomic E-state index is 0.00166. The highest BCUT2D eigenvalue weighted by Gasteiger charge is 2.17. The Morgan fingerprint density at radius 2 is 1.84 bits per heavy atom. The second-order valence-corrected chi connectivity index (χ2v) is 9.85. The van der Waals surface area contributed by atoms with E-state index in [2.05, 4.69) is 22.0 Å². The molecule has 0 atom stereocenters. The van der Waals surface area contributed by atoms with Crippen molar-refractivity contribution in [3.05, 3.63) is 109 Å². The molecule has 5 rings (SSSR count). The van der Waals surface area contributed by atoms with Crippen LogP contribution in [-0.2, 0) is 19.4 Å². The van der Waals surface area contributed by atoms with E-state index in [1.54, 1.807) is 10.8 Å². The molecule has 0 aliphatic rings. The van der Waals surface area contributed by atoms with E-state index in [1.165, 1.54) is 11.3 Å². The number of thiazole rings is 1. The van der Waals surface area contributed by atoms with E-state index >= 15 is 0 Å². The topological polar surface area (TPSA) is 107 Å². The lowest BCUT2D eigenvalue weighted by molar-refractivity contribution is 0.388. The van der Waals surface area contributed by atoms with Gasteiger partial charge in [0.05, 0.1) is 12.2 Å². The van der Waals surface area contributed by atoms with Crippen LogP contribution in [0.3, 0.4) is 0 Å². The van der Waals surface area contributed by atoms with Crippen LogP contribution in [0.15, 0.2) is 74.2 Å². The minimum atomic E-state index is -0.591. The second-order valence-electron chi connectivity index (χ2n) is 8.87. The first-order valence-corrected chi connectivity index (χ1v) is 13.1. The lowest BCUT2D eigenvalue weighted by Crippen LogP contribution is -2.30. The molecule has 188 valence electrons. The first-order valence-electron chi connectivity index (χ1n) is 12.3. The maximum atomic E-state index is 13.7. The van der Waals surface area contributed by atoms with Gasteiger partial charge in [-0.2, -0.15) is 0 Å². The smallest absolute Gasteiger partial charge is 0.296 e. The Labute approximate surface area is 217 Å². The summed E-state index contributed by atoms with van der Waals surface area (Å²) in [5.41, 5.74) is 5.31. The number of nitrogens with zero attached hydrogens (tertiary/aromatic N) is 4. The Kier molecular flexibility index (Phi) is 7.23. The maximum absolute atomic E-state index is 13.7. The van der Waals surface area contributed by atoms with E-state index < -0.39 is 5.76 Å². The van der Waals surface area contributed by atoms with Crippen molar-refractivity contribution in [2.75, 3.05) is 0 Å². The van der Waals surface area contributed by atoms with Crippen LogP contribution in [0.2, 0.25) is 0 Å². The average Bonchev–Trinajstić information content (AvgIpc) is 3.59. The number of rotatable bonds is 9. The van der Waals surface area contributed by atoms with Gasteiger partial charge >= 0.3 is 5.76 Å². The summed E-state index contributed by atoms with van der Waals surface area (Å²) < 4.78 is 6.42. The van der Waals surface area contributed by atoms with Crippen molar-refractivity contribution in [1.29, 1.82) is 0 Å². The lowest BCUT2D eigenvalue weighted by Gasteiger charge is -2.15. The summed E-state index contributed by atoms with van der Waals surface area (Å²) in [6.45, 7) is 4.46. The summed E-state index contributed by atoms with van der Waals surface area (Å²) in [7, 11) is 0. The quantitative estimate of drug-likeness (QED) is 0.297. The molecule has 0 saturated heterocycles. The van der Waals surface area contributed by atoms with Gasteiger partial charge in [0.1, 0.15) is 10.8 Å². The molecule has 0 bridgehead atoms. The molecule has 0 aliphatic carbocycles. The fourth-order valence-corrected chi connectivity index (χ4v) is 5.04. The van der Waals surface area contributed by atoms with Crippen molar-refractivity contribution in [3.8, 4) is 22.5 Å². The number of hydrogen-bond acceptors (Lipinski definition) is 7. The van der Waals surface area contributed by atoms with Gasteiger partial charge in [0.2, 0.25) is 0 Å². The number of unbranched alkanes of at least 4 members (excludes halogenated alkanes) is 1. The van der Waals surface area contributed by atoms with Crippen LogP contribution in [0.25, 0.3) is 22.5 Å². The van der Waals surface area contributed by atoms with Crippen molar-refractivity contribution in [2.45, 2.75) is 46.1 Å². The predicted molar refractivity (Wildman–Crippen MR) is 144 cm³/mol. The lowest BCUT2D eigenvalue weighted by atomic mass is 9.96. The van der Waals surface area contributed by atoms with Gasteiger partial charge in [0.15, 0.2) is 5.82 Å². The van der Waals surface area contributed by atoms with Crippen molar-refractivity contribution >= 4 is 11.3 Å². The van der Waals surface area contributed by atoms with Gasteiger partial charge in [0, 0.05) is 29.1 Å². The Bertz CT molecular complexity index is 1620. The molecule has 0 spiro atoms. The summed E-state index contributed by atoms with van der Waals surface area (Å²) in [6.07, 6.45) is 5.05. The first-order chi connectivity index (χ1) is 18.0. The zero-order chi connectivity index (χ0) is 25.8. The molecule has 0 amide bonds. The first kappa shape index (κ1) is 24.6. The molecule has 1 N–H and O–H groups in total. The minimum Gasteiger partial charge on any atom is -0.296 e. The SMILES string of the molecule is CCCCc1nc(C)n(Cc2nccs2)c(=O)c1Cc1ccc(-c2ccccc2-c2noc(=O)[nH]2)cc1. The Morgan fingerprint density at radius 3 is 2.51 bits per heavy atom. The van der Waals surface area contributed by atoms with E-state index in [-0.39, 0.29) is 5.56 Å². The number of aromatic amines is 1. The molecule has 0 unspecified atom stereocenters. The molecule has 0 aliphatic heterocycles. The summed E-state index contributed by atoms with van der Waals surface area (Å²) in [6, 6.07) is 15.8. The second kappa shape index (κ2) is 10.9. The number of nitrogens with one attached hydrogen (secondary N) is 1. The molecule has 0 fully saturated rings. The van der Waals surface area contributed by atoms with Crippen LogP contribution in [0.4, 0.5) is 0 Å². The van der Waals surface area contributed by atoms with Crippen LogP contribution in [-0.4, -0.2) is 24.7 Å². The molecule has 8 nitrogen and oxygen atoms in total. The Morgan fingerprint density at radius 1 is 1.05 bits per heavy atom. The van der Waals surface area contributed by atoms with E-state index in [9.17, 15) is 9.59 Å². The number of aryl methyl sites for hydroxylation is 2. The molecular formula is C28H27N5O3S. The third-order valence-corrected chi connectivity index (χ3v) is 7.12. The Balaban J connectivity index is 1.48. The van der Waals surface area contributed by atoms with Gasteiger partial charge < -0.3 is 0 Å². The highest BCUT2D eigenvalue weighted by molar-refractivity contribution is 7.09. The molecule has 9 heteroatoms. The molecule has 2 aromatic carbocycles. The third kappa shape index (κ3) is 5.36. The maximum Gasteiger partial charge on any atom is 0.439 e. The fraction of sp³-hybridized carbons (Fsp3) is 0.250. The van der Waals surface area contributed by atoms with Crippen LogP contribution in [0, 0.1) is 6.92 Å². The number of aromatic nitrogens is 5. The number of H-pyrrole nitrogens is 1. The van der Waals surface area contributed by atoms with E-state index in [4.69, 9.17) is 9.51 Å². The number of hydrogen-bond donors (Lipinski definition) is 1. The van der Waals surface area contributed by atoms with Gasteiger partial charge in [0.25, 0.3) is 5.56 Å². The summed E-state index contributed by atoms with van der Waals surface area (Å²) >= 11 is 1.53. The van der Waals surface area contributed by atoms with Crippen molar-refractivity contribution in [3.63, 3.8) is 0 Å². The van der Waals surface area contributed by atoms with Crippen LogP contribution >= 0.6 is 11.3 Å². The molecule has 0 saturated carbocycles. The van der Waals surface area contributed by atoms with Crippen molar-refractivity contribution in [2.24, 2.45) is 0 Å². The molecule has 0 radical (unpaired) electrons. The fourth-order valence-electron chi connectivity index (χ4n) is 4.43. The highest BCUT2D eigenvalue weighted by Crippen LogP contribution is 2.30. The Hall–Kier alpha value is -4.11. The largest absolute Gasteiger partial charge is 0.439 e. The standard InChI is InChI=1S/C28H27N5O3S/c1-3-4-9-24-23(27(34)33(18(2)30-24)17-25-29-14-15-37-25)16-19-10-12-20(13-11-19)21-7-5-6-8-22(21)26-31-28(35)36-32-26/h5-8,10-15H,3-4,9,16-17H2,1-2H3,(H,31,32,35). The molecule has 3 aromatic heterocycles. The van der Waals surface area contributed by atoms with E-state index in [0.29, 0.717) is 24.6 Å². The van der Waals surface area contributed by atoms with Crippen molar-refractivity contribution < 1.29 is 4.52 Å². The van der Waals surface area contributed by atoms with Gasteiger partial charge in [-0.15, -0.1) is 11.3 Å². The van der Waals surface area contributed by atoms with E-state index in [0.717, 1.165) is 57.8 Å². The molecule has 5 aromatic rings. The zero-order valence-corrected chi connectivity index (χ0v) is 21.5. The van der Waals surface area contributed by atoms with Gasteiger partial charge in [-0.1, -0.05) is 67.0 Å².